The van der Waals surface area contributed by atoms with Gasteiger partial charge in [0.05, 0.1) is 25.6 Å². The Hall–Kier alpha value is -4.59. The molecule has 0 radical (unpaired) electrons. The molecule has 2 amide bonds. The van der Waals surface area contributed by atoms with Crippen LogP contribution in [-0.4, -0.2) is 53.3 Å². The third-order valence-electron chi connectivity index (χ3n) is 6.16. The summed E-state index contributed by atoms with van der Waals surface area (Å²) >= 11 is 0. The summed E-state index contributed by atoms with van der Waals surface area (Å²) in [4.78, 5) is 28.4. The van der Waals surface area contributed by atoms with Gasteiger partial charge < -0.3 is 19.7 Å². The lowest BCUT2D eigenvalue weighted by Gasteiger charge is -2.27. The Kier molecular flexibility index (Phi) is 8.11. The molecule has 196 valence electrons. The van der Waals surface area contributed by atoms with Gasteiger partial charge in [0.25, 0.3) is 5.91 Å². The van der Waals surface area contributed by atoms with Crippen LogP contribution in [0.15, 0.2) is 78.9 Å². The lowest BCUT2D eigenvalue weighted by molar-refractivity contribution is -0.117. The van der Waals surface area contributed by atoms with Gasteiger partial charge in [0.1, 0.15) is 29.4 Å². The van der Waals surface area contributed by atoms with E-state index in [9.17, 15) is 9.59 Å². The molecule has 4 aromatic rings. The molecule has 8 heteroatoms. The average molecular weight is 513 g/mol. The molecule has 3 aromatic carbocycles. The van der Waals surface area contributed by atoms with Gasteiger partial charge in [-0.3, -0.25) is 9.59 Å². The van der Waals surface area contributed by atoms with E-state index in [4.69, 9.17) is 14.6 Å². The highest BCUT2D eigenvalue weighted by Crippen LogP contribution is 2.30. The number of hydrogen-bond donors (Lipinski definition) is 1. The van der Waals surface area contributed by atoms with Crippen LogP contribution in [0, 0.1) is 6.92 Å². The van der Waals surface area contributed by atoms with E-state index in [0.717, 1.165) is 22.5 Å². The maximum absolute atomic E-state index is 13.6. The summed E-state index contributed by atoms with van der Waals surface area (Å²) in [5, 5.41) is 7.73. The first-order valence-electron chi connectivity index (χ1n) is 12.4. The van der Waals surface area contributed by atoms with E-state index in [0.29, 0.717) is 17.3 Å². The molecule has 0 saturated carbocycles. The normalized spacial score (nSPS) is 10.8. The van der Waals surface area contributed by atoms with Crippen molar-refractivity contribution in [1.82, 2.24) is 14.7 Å². The van der Waals surface area contributed by atoms with Gasteiger partial charge in [-0.1, -0.05) is 54.1 Å². The van der Waals surface area contributed by atoms with Gasteiger partial charge in [0, 0.05) is 17.7 Å². The summed E-state index contributed by atoms with van der Waals surface area (Å²) in [5.41, 5.74) is 3.85. The smallest absolute Gasteiger partial charge is 0.262 e. The number of carbonyl (C=O) groups is 2. The second-order valence-corrected chi connectivity index (χ2v) is 9.14. The van der Waals surface area contributed by atoms with E-state index >= 15 is 0 Å². The number of nitrogens with zero attached hydrogens (tertiary/aromatic N) is 3. The number of hydrogen-bond acceptors (Lipinski definition) is 5. The molecule has 4 rings (SSSR count). The zero-order valence-electron chi connectivity index (χ0n) is 22.3. The molecule has 0 atom stereocenters. The number of amides is 2. The predicted octanol–water partition coefficient (Wildman–Crippen LogP) is 5.35. The third-order valence-corrected chi connectivity index (χ3v) is 6.16. The molecule has 0 unspecified atom stereocenters. The SMILES string of the molecule is COc1cccc(OC)c1C(=O)N(CC(=O)Nc1cc(-c2ccccc2)nn1-c1ccc(C)cc1)C(C)C. The van der Waals surface area contributed by atoms with Crippen LogP contribution < -0.4 is 14.8 Å². The molecule has 0 spiro atoms. The van der Waals surface area contributed by atoms with Gasteiger partial charge in [-0.2, -0.15) is 5.10 Å². The number of ether oxygens (including phenoxy) is 2. The Morgan fingerprint density at radius 1 is 0.921 bits per heavy atom. The second-order valence-electron chi connectivity index (χ2n) is 9.14. The van der Waals surface area contributed by atoms with Crippen LogP contribution in [0.3, 0.4) is 0 Å². The fourth-order valence-corrected chi connectivity index (χ4v) is 4.13. The Bertz CT molecular complexity index is 1390. The molecule has 8 nitrogen and oxygen atoms in total. The number of methoxy groups -OCH3 is 2. The quantitative estimate of drug-likeness (QED) is 0.327. The number of carbonyl (C=O) groups excluding carboxylic acids is 2. The van der Waals surface area contributed by atoms with Gasteiger partial charge in [-0.15, -0.1) is 0 Å². The van der Waals surface area contributed by atoms with Gasteiger partial charge in [0.2, 0.25) is 5.91 Å². The standard InChI is InChI=1S/C30H32N4O4/c1-20(2)33(30(36)29-25(37-4)12-9-13-26(29)38-5)19-28(35)31-27-18-24(22-10-7-6-8-11-22)32-34(27)23-16-14-21(3)15-17-23/h6-18,20H,19H2,1-5H3,(H,31,35). The van der Waals surface area contributed by atoms with Gasteiger partial charge in [-0.05, 0) is 45.0 Å². The molecule has 0 aliphatic rings. The van der Waals surface area contributed by atoms with Crippen LogP contribution in [0.1, 0.15) is 29.8 Å². The minimum absolute atomic E-state index is 0.169. The van der Waals surface area contributed by atoms with Gasteiger partial charge in [-0.25, -0.2) is 4.68 Å². The predicted molar refractivity (Wildman–Crippen MR) is 148 cm³/mol. The van der Waals surface area contributed by atoms with Crippen molar-refractivity contribution in [1.29, 1.82) is 0 Å². The highest BCUT2D eigenvalue weighted by atomic mass is 16.5. The molecule has 0 fully saturated rings. The van der Waals surface area contributed by atoms with Crippen molar-refractivity contribution in [3.05, 3.63) is 90.0 Å². The van der Waals surface area contributed by atoms with Crippen LogP contribution >= 0.6 is 0 Å². The number of aromatic nitrogens is 2. The highest BCUT2D eigenvalue weighted by Gasteiger charge is 2.28. The molecule has 0 aliphatic heterocycles. The fourth-order valence-electron chi connectivity index (χ4n) is 4.13. The van der Waals surface area contributed by atoms with E-state index in [2.05, 4.69) is 5.32 Å². The Labute approximate surface area is 222 Å². The molecule has 1 aromatic heterocycles. The molecule has 0 saturated heterocycles. The monoisotopic (exact) mass is 512 g/mol. The number of benzene rings is 3. The molecule has 0 aliphatic carbocycles. The number of rotatable bonds is 9. The first-order valence-corrected chi connectivity index (χ1v) is 12.4. The third kappa shape index (κ3) is 5.70. The summed E-state index contributed by atoms with van der Waals surface area (Å²) in [6.45, 7) is 5.56. The summed E-state index contributed by atoms with van der Waals surface area (Å²) < 4.78 is 12.5. The van der Waals surface area contributed by atoms with Crippen LogP contribution in [0.2, 0.25) is 0 Å². The Morgan fingerprint density at radius 3 is 2.13 bits per heavy atom. The molecular formula is C30H32N4O4. The maximum atomic E-state index is 13.6. The molecule has 38 heavy (non-hydrogen) atoms. The van der Waals surface area contributed by atoms with Crippen molar-refractivity contribution < 1.29 is 19.1 Å². The van der Waals surface area contributed by atoms with Gasteiger partial charge >= 0.3 is 0 Å². The van der Waals surface area contributed by atoms with Crippen LogP contribution in [-0.2, 0) is 4.79 Å². The van der Waals surface area contributed by atoms with Crippen LogP contribution in [0.25, 0.3) is 16.9 Å². The number of nitrogens with one attached hydrogen (secondary N) is 1. The molecular weight excluding hydrogens is 480 g/mol. The van der Waals surface area contributed by atoms with Crippen molar-refractivity contribution >= 4 is 17.6 Å². The summed E-state index contributed by atoms with van der Waals surface area (Å²) in [6.07, 6.45) is 0. The van der Waals surface area contributed by atoms with Crippen molar-refractivity contribution in [2.24, 2.45) is 0 Å². The van der Waals surface area contributed by atoms with E-state index in [-0.39, 0.29) is 30.0 Å². The minimum atomic E-state index is -0.360. The van der Waals surface area contributed by atoms with Crippen molar-refractivity contribution in [3.63, 3.8) is 0 Å². The highest BCUT2D eigenvalue weighted by molar-refractivity contribution is 6.03. The van der Waals surface area contributed by atoms with E-state index in [1.807, 2.05) is 81.4 Å². The van der Waals surface area contributed by atoms with Gasteiger partial charge in [0.15, 0.2) is 0 Å². The summed E-state index contributed by atoms with van der Waals surface area (Å²) in [5.74, 6) is 0.551. The topological polar surface area (TPSA) is 85.7 Å². The van der Waals surface area contributed by atoms with Crippen molar-refractivity contribution in [2.75, 3.05) is 26.1 Å². The van der Waals surface area contributed by atoms with E-state index in [1.54, 1.807) is 22.9 Å². The molecule has 1 heterocycles. The number of anilines is 1. The van der Waals surface area contributed by atoms with Crippen molar-refractivity contribution in [2.45, 2.75) is 26.8 Å². The minimum Gasteiger partial charge on any atom is -0.496 e. The van der Waals surface area contributed by atoms with Crippen LogP contribution in [0.4, 0.5) is 5.82 Å². The zero-order chi connectivity index (χ0) is 27.2. The molecule has 1 N–H and O–H groups in total. The van der Waals surface area contributed by atoms with E-state index < -0.39 is 0 Å². The van der Waals surface area contributed by atoms with E-state index in [1.165, 1.54) is 19.1 Å². The Morgan fingerprint density at radius 2 is 1.55 bits per heavy atom. The lowest BCUT2D eigenvalue weighted by Crippen LogP contribution is -2.42. The largest absolute Gasteiger partial charge is 0.496 e. The maximum Gasteiger partial charge on any atom is 0.262 e. The Balaban J connectivity index is 1.64. The summed E-state index contributed by atoms with van der Waals surface area (Å²) in [7, 11) is 2.99. The number of aryl methyl sites for hydroxylation is 1. The second kappa shape index (κ2) is 11.6. The lowest BCUT2D eigenvalue weighted by atomic mass is 10.1. The molecule has 0 bridgehead atoms. The first-order chi connectivity index (χ1) is 18.3. The van der Waals surface area contributed by atoms with Crippen molar-refractivity contribution in [3.8, 4) is 28.4 Å². The first kappa shape index (κ1) is 26.5. The average Bonchev–Trinajstić information content (AvgIpc) is 3.35. The van der Waals surface area contributed by atoms with Crippen LogP contribution in [0.5, 0.6) is 11.5 Å². The summed E-state index contributed by atoms with van der Waals surface area (Å²) in [6, 6.07) is 24.3. The zero-order valence-corrected chi connectivity index (χ0v) is 22.3. The fraction of sp³-hybridized carbons (Fsp3) is 0.233.